The average molecular weight is 324 g/mol. The number of hydrogen-bond acceptors (Lipinski definition) is 4. The molecule has 0 aliphatic heterocycles. The molecular formula is C18H16N2O2S. The van der Waals surface area contributed by atoms with E-state index in [4.69, 9.17) is 0 Å². The van der Waals surface area contributed by atoms with E-state index in [1.165, 1.54) is 16.2 Å². The molecule has 0 spiro atoms. The van der Waals surface area contributed by atoms with Crippen LogP contribution in [0.1, 0.15) is 45.6 Å². The zero-order valence-corrected chi connectivity index (χ0v) is 13.4. The predicted octanol–water partition coefficient (Wildman–Crippen LogP) is 3.71. The number of nitrogens with one attached hydrogen (secondary N) is 1. The topological polar surface area (TPSA) is 70.0 Å². The highest BCUT2D eigenvalue weighted by molar-refractivity contribution is 7.16. The number of benzene rings is 1. The first-order valence-electron chi connectivity index (χ1n) is 7.62. The van der Waals surface area contributed by atoms with Crippen LogP contribution in [0.15, 0.2) is 30.3 Å². The van der Waals surface area contributed by atoms with E-state index in [1.54, 1.807) is 24.3 Å². The summed E-state index contributed by atoms with van der Waals surface area (Å²) >= 11 is 1.49. The van der Waals surface area contributed by atoms with Crippen LogP contribution in [0.2, 0.25) is 0 Å². The van der Waals surface area contributed by atoms with Gasteiger partial charge in [-0.25, -0.2) is 0 Å². The molecule has 1 aliphatic rings. The van der Waals surface area contributed by atoms with Crippen LogP contribution in [0.4, 0.5) is 5.00 Å². The van der Waals surface area contributed by atoms with Crippen LogP contribution in [0.3, 0.4) is 0 Å². The first-order chi connectivity index (χ1) is 11.2. The first-order valence-corrected chi connectivity index (χ1v) is 8.43. The number of aryl methyl sites for hydroxylation is 1. The van der Waals surface area contributed by atoms with Gasteiger partial charge in [0.05, 0.1) is 5.56 Å². The zero-order chi connectivity index (χ0) is 16.2. The Kier molecular flexibility index (Phi) is 4.54. The molecule has 0 bridgehead atoms. The number of ketones is 1. The number of nitriles is 1. The number of carbonyl (C=O) groups is 2. The van der Waals surface area contributed by atoms with Gasteiger partial charge in [0.2, 0.25) is 5.91 Å². The summed E-state index contributed by atoms with van der Waals surface area (Å²) in [6.07, 6.45) is 3.27. The Morgan fingerprint density at radius 1 is 1.17 bits per heavy atom. The SMILES string of the molecule is N#Cc1c(NC(=O)CCC(=O)c2ccccc2)sc2c1CCC2. The number of fused-ring (bicyclic) bond motifs is 1. The molecule has 1 amide bonds. The Morgan fingerprint density at radius 3 is 2.70 bits per heavy atom. The van der Waals surface area contributed by atoms with Gasteiger partial charge in [-0.3, -0.25) is 9.59 Å². The maximum atomic E-state index is 12.1. The van der Waals surface area contributed by atoms with Crippen molar-refractivity contribution in [3.63, 3.8) is 0 Å². The van der Waals surface area contributed by atoms with Gasteiger partial charge < -0.3 is 5.32 Å². The molecule has 116 valence electrons. The van der Waals surface area contributed by atoms with Crippen LogP contribution < -0.4 is 5.32 Å². The lowest BCUT2D eigenvalue weighted by Crippen LogP contribution is -2.13. The third-order valence-electron chi connectivity index (χ3n) is 3.96. The summed E-state index contributed by atoms with van der Waals surface area (Å²) in [6, 6.07) is 11.2. The molecule has 0 fully saturated rings. The summed E-state index contributed by atoms with van der Waals surface area (Å²) in [6.45, 7) is 0. The van der Waals surface area contributed by atoms with Gasteiger partial charge in [-0.15, -0.1) is 11.3 Å². The molecule has 5 heteroatoms. The predicted molar refractivity (Wildman–Crippen MR) is 89.7 cm³/mol. The van der Waals surface area contributed by atoms with E-state index in [2.05, 4.69) is 11.4 Å². The lowest BCUT2D eigenvalue weighted by Gasteiger charge is -2.04. The van der Waals surface area contributed by atoms with E-state index in [0.717, 1.165) is 24.8 Å². The van der Waals surface area contributed by atoms with Crippen molar-refractivity contribution in [2.24, 2.45) is 0 Å². The Balaban J connectivity index is 1.60. The Bertz CT molecular complexity index is 787. The quantitative estimate of drug-likeness (QED) is 0.852. The van der Waals surface area contributed by atoms with Gasteiger partial charge in [-0.2, -0.15) is 5.26 Å². The Hall–Kier alpha value is -2.45. The van der Waals surface area contributed by atoms with Crippen molar-refractivity contribution in [2.75, 3.05) is 5.32 Å². The molecule has 0 saturated carbocycles. The lowest BCUT2D eigenvalue weighted by molar-refractivity contribution is -0.116. The third-order valence-corrected chi connectivity index (χ3v) is 5.17. The standard InChI is InChI=1S/C18H16N2O2S/c19-11-14-13-7-4-8-16(13)23-18(14)20-17(22)10-9-15(21)12-5-2-1-3-6-12/h1-3,5-6H,4,7-10H2,(H,20,22). The van der Waals surface area contributed by atoms with E-state index >= 15 is 0 Å². The molecule has 1 heterocycles. The third kappa shape index (κ3) is 3.33. The number of anilines is 1. The van der Waals surface area contributed by atoms with Crippen LogP contribution in [0, 0.1) is 11.3 Å². The van der Waals surface area contributed by atoms with Crippen LogP contribution in [0.25, 0.3) is 0 Å². The second-order valence-corrected chi connectivity index (χ2v) is 6.62. The summed E-state index contributed by atoms with van der Waals surface area (Å²) in [5.41, 5.74) is 2.31. The van der Waals surface area contributed by atoms with Crippen molar-refractivity contribution in [3.8, 4) is 6.07 Å². The van der Waals surface area contributed by atoms with Gasteiger partial charge in [0.25, 0.3) is 0 Å². The van der Waals surface area contributed by atoms with Crippen LogP contribution in [0.5, 0.6) is 0 Å². The summed E-state index contributed by atoms with van der Waals surface area (Å²) in [5, 5.41) is 12.7. The van der Waals surface area contributed by atoms with Crippen molar-refractivity contribution in [1.29, 1.82) is 5.26 Å². The average Bonchev–Trinajstić information content (AvgIpc) is 3.14. The van der Waals surface area contributed by atoms with Crippen LogP contribution in [-0.2, 0) is 17.6 Å². The monoisotopic (exact) mass is 324 g/mol. The molecule has 1 N–H and O–H groups in total. The molecular weight excluding hydrogens is 308 g/mol. The maximum Gasteiger partial charge on any atom is 0.225 e. The fraction of sp³-hybridized carbons (Fsp3) is 0.278. The summed E-state index contributed by atoms with van der Waals surface area (Å²) in [4.78, 5) is 25.3. The van der Waals surface area contributed by atoms with Crippen LogP contribution in [-0.4, -0.2) is 11.7 Å². The second-order valence-electron chi connectivity index (χ2n) is 5.51. The number of thiophene rings is 1. The van der Waals surface area contributed by atoms with E-state index in [0.29, 0.717) is 16.1 Å². The fourth-order valence-electron chi connectivity index (χ4n) is 2.80. The minimum atomic E-state index is -0.217. The number of nitrogens with zero attached hydrogens (tertiary/aromatic N) is 1. The largest absolute Gasteiger partial charge is 0.317 e. The second kappa shape index (κ2) is 6.76. The van der Waals surface area contributed by atoms with Crippen LogP contribution >= 0.6 is 11.3 Å². The highest BCUT2D eigenvalue weighted by Gasteiger charge is 2.23. The molecule has 4 nitrogen and oxygen atoms in total. The minimum Gasteiger partial charge on any atom is -0.317 e. The van der Waals surface area contributed by atoms with Gasteiger partial charge in [-0.1, -0.05) is 30.3 Å². The van der Waals surface area contributed by atoms with Crippen molar-refractivity contribution in [2.45, 2.75) is 32.1 Å². The summed E-state index contributed by atoms with van der Waals surface area (Å²) in [5.74, 6) is -0.263. The van der Waals surface area contributed by atoms with Crippen molar-refractivity contribution in [1.82, 2.24) is 0 Å². The number of Topliss-reactive ketones (excluding diaryl/α,β-unsaturated/α-hetero) is 1. The number of carbonyl (C=O) groups excluding carboxylic acids is 2. The lowest BCUT2D eigenvalue weighted by atomic mass is 10.1. The molecule has 0 atom stereocenters. The minimum absolute atomic E-state index is 0.0464. The van der Waals surface area contributed by atoms with Gasteiger partial charge in [0, 0.05) is 23.3 Å². The molecule has 3 rings (SSSR count). The van der Waals surface area contributed by atoms with E-state index in [1.807, 2.05) is 6.07 Å². The molecule has 0 radical (unpaired) electrons. The maximum absolute atomic E-state index is 12.1. The molecule has 0 unspecified atom stereocenters. The van der Waals surface area contributed by atoms with Gasteiger partial charge in [-0.05, 0) is 24.8 Å². The van der Waals surface area contributed by atoms with E-state index in [-0.39, 0.29) is 24.5 Å². The van der Waals surface area contributed by atoms with Crippen molar-refractivity contribution < 1.29 is 9.59 Å². The molecule has 1 aliphatic carbocycles. The van der Waals surface area contributed by atoms with E-state index < -0.39 is 0 Å². The normalized spacial score (nSPS) is 12.5. The molecule has 1 aromatic carbocycles. The number of amides is 1. The first kappa shape index (κ1) is 15.4. The molecule has 23 heavy (non-hydrogen) atoms. The number of rotatable bonds is 5. The summed E-state index contributed by atoms with van der Waals surface area (Å²) < 4.78 is 0. The van der Waals surface area contributed by atoms with Gasteiger partial charge >= 0.3 is 0 Å². The zero-order valence-electron chi connectivity index (χ0n) is 12.6. The number of hydrogen-bond donors (Lipinski definition) is 1. The molecule has 0 saturated heterocycles. The van der Waals surface area contributed by atoms with Gasteiger partial charge in [0.1, 0.15) is 11.1 Å². The highest BCUT2D eigenvalue weighted by Crippen LogP contribution is 2.38. The molecule has 1 aromatic heterocycles. The summed E-state index contributed by atoms with van der Waals surface area (Å²) in [7, 11) is 0. The van der Waals surface area contributed by atoms with Crippen molar-refractivity contribution >= 4 is 28.0 Å². The highest BCUT2D eigenvalue weighted by atomic mass is 32.1. The van der Waals surface area contributed by atoms with Gasteiger partial charge in [0.15, 0.2) is 5.78 Å². The van der Waals surface area contributed by atoms with E-state index in [9.17, 15) is 14.9 Å². The molecule has 2 aromatic rings. The fourth-order valence-corrected chi connectivity index (χ4v) is 4.05. The van der Waals surface area contributed by atoms with Crippen molar-refractivity contribution in [3.05, 3.63) is 51.9 Å². The Labute approximate surface area is 138 Å². The Morgan fingerprint density at radius 2 is 1.96 bits per heavy atom. The smallest absolute Gasteiger partial charge is 0.225 e.